The zero-order valence-electron chi connectivity index (χ0n) is 16.0. The molecule has 150 valence electrons. The summed E-state index contributed by atoms with van der Waals surface area (Å²) in [6.45, 7) is 0.717. The molecule has 0 saturated carbocycles. The molecule has 0 aliphatic carbocycles. The van der Waals surface area contributed by atoms with Crippen LogP contribution in [0.3, 0.4) is 0 Å². The van der Waals surface area contributed by atoms with Gasteiger partial charge in [0, 0.05) is 41.6 Å². The lowest BCUT2D eigenvalue weighted by Gasteiger charge is -2.10. The van der Waals surface area contributed by atoms with Crippen molar-refractivity contribution < 1.29 is 4.79 Å². The number of hydrogen-bond donors (Lipinski definition) is 3. The molecule has 0 aliphatic rings. The number of fused-ring (bicyclic) bond motifs is 2. The van der Waals surface area contributed by atoms with E-state index in [0.717, 1.165) is 39.9 Å². The molecule has 5 rings (SSSR count). The molecule has 0 bridgehead atoms. The van der Waals surface area contributed by atoms with Crippen LogP contribution < -0.4 is 10.6 Å². The van der Waals surface area contributed by atoms with Gasteiger partial charge in [-0.05, 0) is 48.0 Å². The predicted octanol–water partition coefficient (Wildman–Crippen LogP) is 5.63. The largest absolute Gasteiger partial charge is 0.346 e. The van der Waals surface area contributed by atoms with E-state index < -0.39 is 0 Å². The maximum Gasteiger partial charge on any atom is 0.323 e. The van der Waals surface area contributed by atoms with Gasteiger partial charge in [0.05, 0.1) is 11.2 Å². The molecule has 2 aromatic carbocycles. The highest BCUT2D eigenvalue weighted by Gasteiger charge is 2.11. The predicted molar refractivity (Wildman–Crippen MR) is 123 cm³/mol. The van der Waals surface area contributed by atoms with Crippen molar-refractivity contribution in [2.75, 3.05) is 10.6 Å². The highest BCUT2D eigenvalue weighted by atomic mass is 35.5. The van der Waals surface area contributed by atoms with E-state index in [9.17, 15) is 4.79 Å². The van der Waals surface area contributed by atoms with E-state index in [4.69, 9.17) is 0 Å². The van der Waals surface area contributed by atoms with Crippen LogP contribution >= 0.6 is 12.4 Å². The molecule has 0 atom stereocenters. The summed E-state index contributed by atoms with van der Waals surface area (Å²) in [6.07, 6.45) is 5.82. The SMILES string of the molecule is Cl.O=C(Nc1ccccc1)Nc1cccc2c1ccn2Cc1c[nH]c2ncccc12. The number of carbonyl (C=O) groups excluding carboxylic acids is 1. The molecule has 0 aliphatic heterocycles. The van der Waals surface area contributed by atoms with Crippen LogP contribution in [0.2, 0.25) is 0 Å². The lowest BCUT2D eigenvalue weighted by molar-refractivity contribution is 0.262. The number of para-hydroxylation sites is 1. The van der Waals surface area contributed by atoms with E-state index in [0.29, 0.717) is 0 Å². The van der Waals surface area contributed by atoms with E-state index in [2.05, 4.69) is 37.3 Å². The maximum atomic E-state index is 12.4. The number of nitrogens with one attached hydrogen (secondary N) is 3. The molecular weight excluding hydrogens is 398 g/mol. The lowest BCUT2D eigenvalue weighted by Crippen LogP contribution is -2.19. The Hall–Kier alpha value is -3.77. The second-order valence-corrected chi connectivity index (χ2v) is 6.84. The number of aromatic nitrogens is 3. The molecule has 0 fully saturated rings. The van der Waals surface area contributed by atoms with Crippen molar-refractivity contribution in [1.29, 1.82) is 0 Å². The van der Waals surface area contributed by atoms with Gasteiger partial charge in [0.25, 0.3) is 0 Å². The normalized spacial score (nSPS) is 10.7. The molecule has 3 heterocycles. The first-order chi connectivity index (χ1) is 14.3. The van der Waals surface area contributed by atoms with Crippen LogP contribution in [-0.2, 0) is 6.54 Å². The van der Waals surface area contributed by atoms with Gasteiger partial charge in [-0.15, -0.1) is 12.4 Å². The summed E-state index contributed by atoms with van der Waals surface area (Å²) in [5.41, 5.74) is 4.64. The summed E-state index contributed by atoms with van der Waals surface area (Å²) in [5.74, 6) is 0. The van der Waals surface area contributed by atoms with Crippen LogP contribution in [0.25, 0.3) is 21.9 Å². The van der Waals surface area contributed by atoms with E-state index in [-0.39, 0.29) is 18.4 Å². The Kier molecular flexibility index (Phi) is 5.41. The zero-order valence-corrected chi connectivity index (χ0v) is 16.8. The molecule has 0 spiro atoms. The molecule has 0 unspecified atom stereocenters. The fourth-order valence-electron chi connectivity index (χ4n) is 3.60. The van der Waals surface area contributed by atoms with Crippen molar-refractivity contribution in [3.05, 3.63) is 90.9 Å². The minimum absolute atomic E-state index is 0. The second kappa shape index (κ2) is 8.31. The van der Waals surface area contributed by atoms with Crippen LogP contribution in [0.4, 0.5) is 16.2 Å². The van der Waals surface area contributed by atoms with Gasteiger partial charge in [0.2, 0.25) is 0 Å². The monoisotopic (exact) mass is 417 g/mol. The van der Waals surface area contributed by atoms with Crippen molar-refractivity contribution >= 4 is 51.7 Å². The van der Waals surface area contributed by atoms with Gasteiger partial charge < -0.3 is 20.2 Å². The van der Waals surface area contributed by atoms with Crippen LogP contribution in [0.5, 0.6) is 0 Å². The number of pyridine rings is 1. The number of anilines is 2. The third-order valence-electron chi connectivity index (χ3n) is 4.97. The van der Waals surface area contributed by atoms with Gasteiger partial charge in [0.15, 0.2) is 0 Å². The molecule has 3 N–H and O–H groups in total. The molecular formula is C23H20ClN5O. The number of urea groups is 1. The minimum Gasteiger partial charge on any atom is -0.346 e. The number of halogens is 1. The smallest absolute Gasteiger partial charge is 0.323 e. The Morgan fingerprint density at radius 3 is 2.67 bits per heavy atom. The van der Waals surface area contributed by atoms with Crippen LogP contribution in [0.15, 0.2) is 85.3 Å². The highest BCUT2D eigenvalue weighted by molar-refractivity contribution is 6.05. The number of nitrogens with zero attached hydrogens (tertiary/aromatic N) is 2. The number of aromatic amines is 1. The van der Waals surface area contributed by atoms with Crippen LogP contribution in [-0.4, -0.2) is 20.6 Å². The van der Waals surface area contributed by atoms with Gasteiger partial charge in [-0.2, -0.15) is 0 Å². The number of benzene rings is 2. The maximum absolute atomic E-state index is 12.4. The van der Waals surface area contributed by atoms with Crippen molar-refractivity contribution in [2.45, 2.75) is 6.54 Å². The van der Waals surface area contributed by atoms with E-state index in [1.807, 2.05) is 67.0 Å². The average molecular weight is 418 g/mol. The molecule has 6 nitrogen and oxygen atoms in total. The first kappa shape index (κ1) is 19.5. The Morgan fingerprint density at radius 1 is 0.933 bits per heavy atom. The second-order valence-electron chi connectivity index (χ2n) is 6.84. The fraction of sp³-hybridized carbons (Fsp3) is 0.0435. The molecule has 30 heavy (non-hydrogen) atoms. The lowest BCUT2D eigenvalue weighted by atomic mass is 10.2. The third-order valence-corrected chi connectivity index (χ3v) is 4.97. The fourth-order valence-corrected chi connectivity index (χ4v) is 3.60. The molecule has 5 aromatic rings. The van der Waals surface area contributed by atoms with E-state index in [1.54, 1.807) is 6.20 Å². The molecule has 3 aromatic heterocycles. The molecule has 0 radical (unpaired) electrons. The van der Waals surface area contributed by atoms with Crippen LogP contribution in [0.1, 0.15) is 5.56 Å². The molecule has 7 heteroatoms. The number of amides is 2. The summed E-state index contributed by atoms with van der Waals surface area (Å²) < 4.78 is 2.17. The number of H-pyrrole nitrogens is 1. The van der Waals surface area contributed by atoms with Gasteiger partial charge >= 0.3 is 6.03 Å². The molecule has 0 saturated heterocycles. The van der Waals surface area contributed by atoms with Crippen molar-refractivity contribution in [3.8, 4) is 0 Å². The first-order valence-corrected chi connectivity index (χ1v) is 9.40. The minimum atomic E-state index is -0.265. The Balaban J connectivity index is 0.00000218. The number of rotatable bonds is 4. The van der Waals surface area contributed by atoms with Crippen LogP contribution in [0, 0.1) is 0 Å². The number of hydrogen-bond acceptors (Lipinski definition) is 2. The van der Waals surface area contributed by atoms with Crippen molar-refractivity contribution in [2.24, 2.45) is 0 Å². The highest BCUT2D eigenvalue weighted by Crippen LogP contribution is 2.26. The van der Waals surface area contributed by atoms with Crippen molar-refractivity contribution in [3.63, 3.8) is 0 Å². The third kappa shape index (κ3) is 3.73. The van der Waals surface area contributed by atoms with Crippen molar-refractivity contribution in [1.82, 2.24) is 14.5 Å². The summed E-state index contributed by atoms with van der Waals surface area (Å²) >= 11 is 0. The molecule has 2 amide bonds. The Morgan fingerprint density at radius 2 is 1.80 bits per heavy atom. The standard InChI is InChI=1S/C23H19N5O.ClH/c29-23(26-17-6-2-1-3-7-17)27-20-9-4-10-21-19(20)11-13-28(21)15-16-14-25-22-18(16)8-5-12-24-22;/h1-14H,15H2,(H,24,25)(H2,26,27,29);1H. The summed E-state index contributed by atoms with van der Waals surface area (Å²) in [6, 6.07) is 21.1. The Labute approximate surface area is 179 Å². The Bertz CT molecular complexity index is 1310. The van der Waals surface area contributed by atoms with Gasteiger partial charge in [-0.3, -0.25) is 0 Å². The van der Waals surface area contributed by atoms with E-state index >= 15 is 0 Å². The quantitative estimate of drug-likeness (QED) is 0.354. The average Bonchev–Trinajstić information content (AvgIpc) is 3.34. The number of carbonyl (C=O) groups is 1. The zero-order chi connectivity index (χ0) is 19.6. The summed E-state index contributed by atoms with van der Waals surface area (Å²) in [7, 11) is 0. The summed E-state index contributed by atoms with van der Waals surface area (Å²) in [5, 5.41) is 7.92. The van der Waals surface area contributed by atoms with E-state index in [1.165, 1.54) is 5.56 Å². The van der Waals surface area contributed by atoms with Gasteiger partial charge in [0.1, 0.15) is 5.65 Å². The van der Waals surface area contributed by atoms with Gasteiger partial charge in [-0.25, -0.2) is 9.78 Å². The topological polar surface area (TPSA) is 74.7 Å². The van der Waals surface area contributed by atoms with Gasteiger partial charge in [-0.1, -0.05) is 24.3 Å². The summed E-state index contributed by atoms with van der Waals surface area (Å²) in [4.78, 5) is 20.0. The first-order valence-electron chi connectivity index (χ1n) is 9.40.